The van der Waals surface area contributed by atoms with E-state index in [9.17, 15) is 13.2 Å². The fourth-order valence-electron chi connectivity index (χ4n) is 4.57. The second-order valence-electron chi connectivity index (χ2n) is 8.45. The third-order valence-corrected chi connectivity index (χ3v) is 8.66. The molecule has 29 heavy (non-hydrogen) atoms. The number of benzene rings is 1. The van der Waals surface area contributed by atoms with Crippen molar-refractivity contribution in [2.24, 2.45) is 17.8 Å². The summed E-state index contributed by atoms with van der Waals surface area (Å²) in [5.74, 6) is 1.02. The van der Waals surface area contributed by atoms with E-state index in [0.29, 0.717) is 43.3 Å². The molecule has 1 aromatic heterocycles. The van der Waals surface area contributed by atoms with Gasteiger partial charge in [-0.1, -0.05) is 32.8 Å². The number of sulfonamides is 1. The van der Waals surface area contributed by atoms with Crippen LogP contribution >= 0.6 is 0 Å². The van der Waals surface area contributed by atoms with Crippen molar-refractivity contribution in [2.75, 3.05) is 13.1 Å². The van der Waals surface area contributed by atoms with Crippen LogP contribution in [0.25, 0.3) is 11.0 Å². The van der Waals surface area contributed by atoms with Crippen LogP contribution in [0.1, 0.15) is 46.0 Å². The van der Waals surface area contributed by atoms with Crippen molar-refractivity contribution in [3.63, 3.8) is 0 Å². The number of hydrogen-bond donors (Lipinski definition) is 1. The van der Waals surface area contributed by atoms with E-state index in [0.717, 1.165) is 12.8 Å². The zero-order valence-electron chi connectivity index (χ0n) is 16.9. The van der Waals surface area contributed by atoms with Crippen LogP contribution in [-0.2, 0) is 14.8 Å². The molecule has 0 radical (unpaired) electrons. The molecule has 1 aliphatic carbocycles. The Morgan fingerprint density at radius 1 is 1.14 bits per heavy atom. The molecule has 1 saturated carbocycles. The lowest BCUT2D eigenvalue weighted by atomic mass is 9.78. The van der Waals surface area contributed by atoms with Gasteiger partial charge in [0.05, 0.1) is 0 Å². The molecular weight excluding hydrogens is 392 g/mol. The minimum absolute atomic E-state index is 0.0656. The maximum absolute atomic E-state index is 13.1. The van der Waals surface area contributed by atoms with Crippen LogP contribution in [0.5, 0.6) is 0 Å². The molecule has 0 unspecified atom stereocenters. The van der Waals surface area contributed by atoms with Gasteiger partial charge >= 0.3 is 0 Å². The summed E-state index contributed by atoms with van der Waals surface area (Å²) in [6.07, 6.45) is 4.44. The molecule has 0 bridgehead atoms. The molecule has 0 spiro atoms. The standard InChI is InChI=1S/C20H28N4O4S/c1-13-5-3-6-16(14(13)2)21-20(25)15-9-11-24(12-10-15)29(26,27)18-8-4-7-17-19(18)23-28-22-17/h4,7-8,13-16H,3,5-6,9-12H2,1-2H3,(H,21,25)/t13-,14+,16+/m1/s1. The van der Waals surface area contributed by atoms with Gasteiger partial charge in [-0.05, 0) is 53.5 Å². The molecule has 2 heterocycles. The maximum atomic E-state index is 13.1. The third kappa shape index (κ3) is 3.90. The van der Waals surface area contributed by atoms with E-state index in [1.54, 1.807) is 12.1 Å². The maximum Gasteiger partial charge on any atom is 0.245 e. The summed E-state index contributed by atoms with van der Waals surface area (Å²) in [6, 6.07) is 5.04. The van der Waals surface area contributed by atoms with Crippen LogP contribution in [-0.4, -0.2) is 48.1 Å². The number of carbonyl (C=O) groups is 1. The molecule has 1 aromatic carbocycles. The molecule has 3 atom stereocenters. The number of rotatable bonds is 4. The summed E-state index contributed by atoms with van der Waals surface area (Å²) >= 11 is 0. The normalized spacial score (nSPS) is 27.2. The number of amides is 1. The van der Waals surface area contributed by atoms with Gasteiger partial charge in [0.2, 0.25) is 15.9 Å². The van der Waals surface area contributed by atoms with Gasteiger partial charge in [-0.25, -0.2) is 13.0 Å². The topological polar surface area (TPSA) is 105 Å². The molecule has 2 aromatic rings. The summed E-state index contributed by atoms with van der Waals surface area (Å²) < 4.78 is 32.3. The molecule has 1 amide bonds. The Labute approximate surface area is 171 Å². The molecular formula is C20H28N4O4S. The van der Waals surface area contributed by atoms with Crippen LogP contribution in [0, 0.1) is 17.8 Å². The van der Waals surface area contributed by atoms with E-state index in [1.807, 2.05) is 0 Å². The molecule has 4 rings (SSSR count). The number of carbonyl (C=O) groups excluding carboxylic acids is 1. The van der Waals surface area contributed by atoms with Crippen molar-refractivity contribution >= 4 is 27.0 Å². The van der Waals surface area contributed by atoms with Gasteiger partial charge in [0.15, 0.2) is 5.52 Å². The lowest BCUT2D eigenvalue weighted by Crippen LogP contribution is -2.48. The van der Waals surface area contributed by atoms with Gasteiger partial charge in [-0.15, -0.1) is 0 Å². The quantitative estimate of drug-likeness (QED) is 0.815. The zero-order valence-corrected chi connectivity index (χ0v) is 17.7. The Kier molecular flexibility index (Phi) is 5.61. The highest BCUT2D eigenvalue weighted by molar-refractivity contribution is 7.89. The molecule has 1 saturated heterocycles. The molecule has 2 fully saturated rings. The molecule has 9 heteroatoms. The van der Waals surface area contributed by atoms with Crippen LogP contribution in [0.4, 0.5) is 0 Å². The number of nitrogens with one attached hydrogen (secondary N) is 1. The van der Waals surface area contributed by atoms with E-state index in [1.165, 1.54) is 16.8 Å². The third-order valence-electron chi connectivity index (χ3n) is 6.73. The summed E-state index contributed by atoms with van der Waals surface area (Å²) in [5, 5.41) is 10.7. The largest absolute Gasteiger partial charge is 0.353 e. The summed E-state index contributed by atoms with van der Waals surface area (Å²) in [4.78, 5) is 12.9. The zero-order chi connectivity index (χ0) is 20.6. The molecule has 1 aliphatic heterocycles. The van der Waals surface area contributed by atoms with Crippen molar-refractivity contribution < 1.29 is 17.8 Å². The van der Waals surface area contributed by atoms with Gasteiger partial charge in [0, 0.05) is 25.0 Å². The fourth-order valence-corrected chi connectivity index (χ4v) is 6.18. The summed E-state index contributed by atoms with van der Waals surface area (Å²) in [6.45, 7) is 5.10. The summed E-state index contributed by atoms with van der Waals surface area (Å²) in [7, 11) is -3.71. The highest BCUT2D eigenvalue weighted by Crippen LogP contribution is 2.31. The van der Waals surface area contributed by atoms with Crippen LogP contribution in [0.3, 0.4) is 0 Å². The van der Waals surface area contributed by atoms with Gasteiger partial charge in [-0.3, -0.25) is 4.79 Å². The highest BCUT2D eigenvalue weighted by Gasteiger charge is 2.35. The Hall–Kier alpha value is -2.00. The number of piperidine rings is 1. The first-order valence-corrected chi connectivity index (χ1v) is 11.8. The van der Waals surface area contributed by atoms with E-state index >= 15 is 0 Å². The van der Waals surface area contributed by atoms with Gasteiger partial charge in [-0.2, -0.15) is 4.31 Å². The number of hydrogen-bond acceptors (Lipinski definition) is 6. The minimum atomic E-state index is -3.71. The Morgan fingerprint density at radius 3 is 2.66 bits per heavy atom. The second kappa shape index (κ2) is 8.02. The number of aromatic nitrogens is 2. The second-order valence-corrected chi connectivity index (χ2v) is 10.4. The average molecular weight is 421 g/mol. The first-order chi connectivity index (χ1) is 13.9. The van der Waals surface area contributed by atoms with Crippen LogP contribution < -0.4 is 5.32 Å². The lowest BCUT2D eigenvalue weighted by molar-refractivity contribution is -0.127. The van der Waals surface area contributed by atoms with Crippen molar-refractivity contribution in [3.8, 4) is 0 Å². The highest BCUT2D eigenvalue weighted by atomic mass is 32.2. The van der Waals surface area contributed by atoms with E-state index in [4.69, 9.17) is 0 Å². The first-order valence-electron chi connectivity index (χ1n) is 10.4. The number of fused-ring (bicyclic) bond motifs is 1. The van der Waals surface area contributed by atoms with E-state index in [2.05, 4.69) is 34.1 Å². The lowest BCUT2D eigenvalue weighted by Gasteiger charge is -2.36. The van der Waals surface area contributed by atoms with E-state index < -0.39 is 10.0 Å². The summed E-state index contributed by atoms with van der Waals surface area (Å²) in [5.41, 5.74) is 0.656. The molecule has 158 valence electrons. The molecule has 1 N–H and O–H groups in total. The minimum Gasteiger partial charge on any atom is -0.353 e. The average Bonchev–Trinajstić information content (AvgIpc) is 3.20. The van der Waals surface area contributed by atoms with Crippen molar-refractivity contribution in [1.82, 2.24) is 19.9 Å². The van der Waals surface area contributed by atoms with Gasteiger partial charge in [0.25, 0.3) is 0 Å². The Morgan fingerprint density at radius 2 is 1.90 bits per heavy atom. The fraction of sp³-hybridized carbons (Fsp3) is 0.650. The van der Waals surface area contributed by atoms with Crippen molar-refractivity contribution in [2.45, 2.75) is 56.9 Å². The SMILES string of the molecule is C[C@H]1[C@H](C)CCC[C@@H]1NC(=O)C1CCN(S(=O)(=O)c2cccc3nonc23)CC1. The van der Waals surface area contributed by atoms with Crippen molar-refractivity contribution in [3.05, 3.63) is 18.2 Å². The molecule has 8 nitrogen and oxygen atoms in total. The van der Waals surface area contributed by atoms with Crippen LogP contribution in [0.2, 0.25) is 0 Å². The Balaban J connectivity index is 1.40. The molecule has 2 aliphatic rings. The van der Waals surface area contributed by atoms with E-state index in [-0.39, 0.29) is 28.3 Å². The monoisotopic (exact) mass is 420 g/mol. The van der Waals surface area contributed by atoms with Crippen molar-refractivity contribution in [1.29, 1.82) is 0 Å². The number of nitrogens with zero attached hydrogens (tertiary/aromatic N) is 3. The predicted molar refractivity (Wildman–Crippen MR) is 107 cm³/mol. The predicted octanol–water partition coefficient (Wildman–Crippen LogP) is 2.56. The first kappa shape index (κ1) is 20.3. The van der Waals surface area contributed by atoms with Gasteiger partial charge in [0.1, 0.15) is 10.4 Å². The van der Waals surface area contributed by atoms with Crippen LogP contribution in [0.15, 0.2) is 27.7 Å². The van der Waals surface area contributed by atoms with Gasteiger partial charge < -0.3 is 5.32 Å². The smallest absolute Gasteiger partial charge is 0.245 e. The Bertz CT molecular complexity index is 981.